The molecule has 0 radical (unpaired) electrons. The molecule has 0 amide bonds. The number of ether oxygens (including phenoxy) is 1. The van der Waals surface area contributed by atoms with E-state index in [1.807, 2.05) is 18.2 Å². The summed E-state index contributed by atoms with van der Waals surface area (Å²) < 4.78 is 5.91. The number of Topliss-reactive ketones (excluding diaryl/α,β-unsaturated/α-hetero) is 1. The molecular weight excluding hydrogens is 252 g/mol. The molecule has 4 heteroatoms. The molecule has 2 N–H and O–H groups in total. The third-order valence-corrected chi connectivity index (χ3v) is 4.02. The monoisotopic (exact) mass is 274 g/mol. The summed E-state index contributed by atoms with van der Waals surface area (Å²) in [6.45, 7) is 6.68. The normalized spacial score (nSPS) is 24.2. The lowest BCUT2D eigenvalue weighted by Crippen LogP contribution is -2.40. The lowest BCUT2D eigenvalue weighted by atomic mass is 9.90. The summed E-state index contributed by atoms with van der Waals surface area (Å²) in [5.41, 5.74) is 1.51. The van der Waals surface area contributed by atoms with Gasteiger partial charge in [0, 0.05) is 18.0 Å². The standard InChI is InChI=1S/C16H22N2O2/c1-16(2)10-18-13-8-11(5-6-14(13)20-16)15(19)12-4-3-7-17-9-12/h5-6,8,12,17-18H,3-4,7,9-10H2,1-2H3. The van der Waals surface area contributed by atoms with E-state index in [0.29, 0.717) is 0 Å². The van der Waals surface area contributed by atoms with Crippen molar-refractivity contribution in [2.45, 2.75) is 32.3 Å². The SMILES string of the molecule is CC1(C)CNc2cc(C(=O)C3CCCNC3)ccc2O1. The molecule has 0 saturated carbocycles. The Hall–Kier alpha value is -1.55. The molecule has 1 saturated heterocycles. The van der Waals surface area contributed by atoms with Gasteiger partial charge < -0.3 is 15.4 Å². The fourth-order valence-corrected chi connectivity index (χ4v) is 2.86. The van der Waals surface area contributed by atoms with Gasteiger partial charge >= 0.3 is 0 Å². The van der Waals surface area contributed by atoms with Crippen LogP contribution >= 0.6 is 0 Å². The third kappa shape index (κ3) is 2.66. The molecule has 1 aromatic rings. The Morgan fingerprint density at radius 2 is 2.25 bits per heavy atom. The van der Waals surface area contributed by atoms with Crippen LogP contribution in [-0.2, 0) is 0 Å². The first-order valence-electron chi connectivity index (χ1n) is 7.37. The van der Waals surface area contributed by atoms with E-state index < -0.39 is 0 Å². The maximum absolute atomic E-state index is 12.5. The molecule has 3 rings (SSSR count). The van der Waals surface area contributed by atoms with E-state index in [0.717, 1.165) is 49.5 Å². The second-order valence-electron chi connectivity index (χ2n) is 6.33. The zero-order valence-electron chi connectivity index (χ0n) is 12.2. The lowest BCUT2D eigenvalue weighted by Gasteiger charge is -2.33. The third-order valence-electron chi connectivity index (χ3n) is 4.02. The molecule has 0 bridgehead atoms. The van der Waals surface area contributed by atoms with E-state index in [1.165, 1.54) is 0 Å². The number of piperidine rings is 1. The van der Waals surface area contributed by atoms with Crippen LogP contribution in [0.5, 0.6) is 5.75 Å². The lowest BCUT2D eigenvalue weighted by molar-refractivity contribution is 0.0899. The Labute approximate surface area is 119 Å². The van der Waals surface area contributed by atoms with Crippen molar-refractivity contribution in [2.75, 3.05) is 25.0 Å². The molecule has 1 atom stereocenters. The van der Waals surface area contributed by atoms with E-state index in [-0.39, 0.29) is 17.3 Å². The van der Waals surface area contributed by atoms with Gasteiger partial charge in [0.15, 0.2) is 5.78 Å². The highest BCUT2D eigenvalue weighted by molar-refractivity contribution is 5.99. The largest absolute Gasteiger partial charge is 0.484 e. The zero-order valence-corrected chi connectivity index (χ0v) is 12.2. The van der Waals surface area contributed by atoms with Crippen molar-refractivity contribution in [3.05, 3.63) is 23.8 Å². The second kappa shape index (κ2) is 5.09. The van der Waals surface area contributed by atoms with Gasteiger partial charge in [0.25, 0.3) is 0 Å². The topological polar surface area (TPSA) is 50.4 Å². The minimum atomic E-state index is -0.203. The first-order chi connectivity index (χ1) is 9.55. The highest BCUT2D eigenvalue weighted by Crippen LogP contribution is 2.34. The fourth-order valence-electron chi connectivity index (χ4n) is 2.86. The van der Waals surface area contributed by atoms with E-state index in [4.69, 9.17) is 4.74 Å². The molecule has 1 fully saturated rings. The van der Waals surface area contributed by atoms with Crippen molar-refractivity contribution in [3.63, 3.8) is 0 Å². The molecule has 2 aliphatic rings. The minimum absolute atomic E-state index is 0.114. The van der Waals surface area contributed by atoms with Crippen LogP contribution in [0.1, 0.15) is 37.0 Å². The van der Waals surface area contributed by atoms with Crippen LogP contribution in [0.25, 0.3) is 0 Å². The van der Waals surface area contributed by atoms with Gasteiger partial charge in [-0.1, -0.05) is 0 Å². The molecule has 108 valence electrons. The number of hydrogen-bond acceptors (Lipinski definition) is 4. The van der Waals surface area contributed by atoms with Crippen LogP contribution < -0.4 is 15.4 Å². The van der Waals surface area contributed by atoms with Crippen molar-refractivity contribution < 1.29 is 9.53 Å². The van der Waals surface area contributed by atoms with Crippen LogP contribution in [0, 0.1) is 5.92 Å². The molecule has 1 unspecified atom stereocenters. The summed E-state index contributed by atoms with van der Waals surface area (Å²) in [4.78, 5) is 12.5. The smallest absolute Gasteiger partial charge is 0.167 e. The van der Waals surface area contributed by atoms with Crippen LogP contribution in [-0.4, -0.2) is 31.0 Å². The Balaban J connectivity index is 1.80. The minimum Gasteiger partial charge on any atom is -0.484 e. The summed E-state index contributed by atoms with van der Waals surface area (Å²) in [6.07, 6.45) is 2.07. The second-order valence-corrected chi connectivity index (χ2v) is 6.33. The number of rotatable bonds is 2. The number of nitrogens with one attached hydrogen (secondary N) is 2. The highest BCUT2D eigenvalue weighted by Gasteiger charge is 2.28. The van der Waals surface area contributed by atoms with Gasteiger partial charge in [-0.15, -0.1) is 0 Å². The van der Waals surface area contributed by atoms with Crippen molar-refractivity contribution >= 4 is 11.5 Å². The summed E-state index contributed by atoms with van der Waals surface area (Å²) >= 11 is 0. The van der Waals surface area contributed by atoms with E-state index in [2.05, 4.69) is 24.5 Å². The zero-order chi connectivity index (χ0) is 14.2. The quantitative estimate of drug-likeness (QED) is 0.813. The van der Waals surface area contributed by atoms with Gasteiger partial charge in [0.2, 0.25) is 0 Å². The van der Waals surface area contributed by atoms with Gasteiger partial charge in [0.05, 0.1) is 12.2 Å². The average Bonchev–Trinajstić information content (AvgIpc) is 2.46. The molecule has 1 aromatic carbocycles. The maximum atomic E-state index is 12.5. The van der Waals surface area contributed by atoms with E-state index >= 15 is 0 Å². The van der Waals surface area contributed by atoms with Crippen LogP contribution in [0.15, 0.2) is 18.2 Å². The number of carbonyl (C=O) groups is 1. The Morgan fingerprint density at radius 1 is 1.40 bits per heavy atom. The van der Waals surface area contributed by atoms with Gasteiger partial charge in [0.1, 0.15) is 11.4 Å². The van der Waals surface area contributed by atoms with Gasteiger partial charge in [-0.3, -0.25) is 4.79 Å². The van der Waals surface area contributed by atoms with Crippen molar-refractivity contribution in [1.29, 1.82) is 0 Å². The van der Waals surface area contributed by atoms with Crippen molar-refractivity contribution in [2.24, 2.45) is 5.92 Å². The van der Waals surface area contributed by atoms with Gasteiger partial charge in [-0.05, 0) is 51.4 Å². The van der Waals surface area contributed by atoms with Gasteiger partial charge in [-0.25, -0.2) is 0 Å². The predicted octanol–water partition coefficient (Wildman–Crippen LogP) is 2.45. The first-order valence-corrected chi connectivity index (χ1v) is 7.37. The highest BCUT2D eigenvalue weighted by atomic mass is 16.5. The average molecular weight is 274 g/mol. The fraction of sp³-hybridized carbons (Fsp3) is 0.562. The molecular formula is C16H22N2O2. The number of fused-ring (bicyclic) bond motifs is 1. The summed E-state index contributed by atoms with van der Waals surface area (Å²) in [6, 6.07) is 5.73. The number of ketones is 1. The van der Waals surface area contributed by atoms with Crippen LogP contribution in [0.2, 0.25) is 0 Å². The molecule has 0 spiro atoms. The Bertz CT molecular complexity index is 519. The van der Waals surface area contributed by atoms with E-state index in [1.54, 1.807) is 0 Å². The van der Waals surface area contributed by atoms with Crippen LogP contribution in [0.4, 0.5) is 5.69 Å². The molecule has 0 aromatic heterocycles. The van der Waals surface area contributed by atoms with E-state index in [9.17, 15) is 4.79 Å². The number of carbonyl (C=O) groups excluding carboxylic acids is 1. The van der Waals surface area contributed by atoms with Crippen molar-refractivity contribution in [3.8, 4) is 5.75 Å². The molecule has 4 nitrogen and oxygen atoms in total. The first kappa shape index (κ1) is 13.4. The Morgan fingerprint density at radius 3 is 3.00 bits per heavy atom. The number of anilines is 1. The number of benzene rings is 1. The van der Waals surface area contributed by atoms with Crippen molar-refractivity contribution in [1.82, 2.24) is 5.32 Å². The molecule has 20 heavy (non-hydrogen) atoms. The molecule has 0 aliphatic carbocycles. The Kier molecular flexibility index (Phi) is 3.42. The summed E-state index contributed by atoms with van der Waals surface area (Å²) in [5.74, 6) is 1.19. The summed E-state index contributed by atoms with van der Waals surface area (Å²) in [7, 11) is 0. The molecule has 2 aliphatic heterocycles. The van der Waals surface area contributed by atoms with Crippen LogP contribution in [0.3, 0.4) is 0 Å². The molecule has 2 heterocycles. The summed E-state index contributed by atoms with van der Waals surface area (Å²) in [5, 5.41) is 6.66. The predicted molar refractivity (Wildman–Crippen MR) is 79.6 cm³/mol. The maximum Gasteiger partial charge on any atom is 0.167 e. The number of hydrogen-bond donors (Lipinski definition) is 2. The van der Waals surface area contributed by atoms with Gasteiger partial charge in [-0.2, -0.15) is 0 Å².